The minimum atomic E-state index is 0. The number of rotatable bonds is 2. The first-order valence-electron chi connectivity index (χ1n) is 5.55. The standard InChI is InChI=1S/C12H18N2.H3N/c1-2-11-5-9-14(10-6-11)12-3-7-13-8-4-12;/h3-4,7-8,11H,2,5-6,9-10H2,1H3;1H3. The van der Waals surface area contributed by atoms with E-state index in [1.807, 2.05) is 12.4 Å². The van der Waals surface area contributed by atoms with Gasteiger partial charge in [0.25, 0.3) is 0 Å². The van der Waals surface area contributed by atoms with Gasteiger partial charge in [-0.3, -0.25) is 4.98 Å². The van der Waals surface area contributed by atoms with Crippen molar-refractivity contribution < 1.29 is 0 Å². The van der Waals surface area contributed by atoms with Gasteiger partial charge in [0.2, 0.25) is 0 Å². The van der Waals surface area contributed by atoms with Gasteiger partial charge < -0.3 is 11.1 Å². The third-order valence-electron chi connectivity index (χ3n) is 3.22. The second-order valence-corrected chi connectivity index (χ2v) is 4.04. The molecule has 0 unspecified atom stereocenters. The molecule has 0 aliphatic carbocycles. The van der Waals surface area contributed by atoms with Crippen molar-refractivity contribution in [2.24, 2.45) is 5.92 Å². The molecule has 1 fully saturated rings. The zero-order valence-electron chi connectivity index (χ0n) is 9.52. The number of aromatic nitrogens is 1. The van der Waals surface area contributed by atoms with Gasteiger partial charge in [0, 0.05) is 31.2 Å². The van der Waals surface area contributed by atoms with Gasteiger partial charge in [-0.1, -0.05) is 13.3 Å². The Labute approximate surface area is 92.1 Å². The third kappa shape index (κ3) is 2.93. The highest BCUT2D eigenvalue weighted by Gasteiger charge is 2.17. The summed E-state index contributed by atoms with van der Waals surface area (Å²) in [5, 5.41) is 0. The molecule has 2 rings (SSSR count). The van der Waals surface area contributed by atoms with E-state index in [1.165, 1.54) is 38.0 Å². The van der Waals surface area contributed by atoms with Gasteiger partial charge in [-0.15, -0.1) is 0 Å². The monoisotopic (exact) mass is 207 g/mol. The van der Waals surface area contributed by atoms with Gasteiger partial charge in [0.15, 0.2) is 0 Å². The molecule has 1 aromatic rings. The summed E-state index contributed by atoms with van der Waals surface area (Å²) in [6, 6.07) is 4.21. The van der Waals surface area contributed by atoms with Gasteiger partial charge in [0.1, 0.15) is 0 Å². The Morgan fingerprint density at radius 3 is 2.40 bits per heavy atom. The summed E-state index contributed by atoms with van der Waals surface area (Å²) < 4.78 is 0. The Balaban J connectivity index is 0.00000112. The van der Waals surface area contributed by atoms with Crippen molar-refractivity contribution in [2.75, 3.05) is 18.0 Å². The van der Waals surface area contributed by atoms with Crippen molar-refractivity contribution in [1.82, 2.24) is 11.1 Å². The lowest BCUT2D eigenvalue weighted by Gasteiger charge is -2.33. The van der Waals surface area contributed by atoms with E-state index in [2.05, 4.69) is 28.9 Å². The number of pyridine rings is 1. The zero-order chi connectivity index (χ0) is 9.80. The average molecular weight is 207 g/mol. The first kappa shape index (κ1) is 12.0. The lowest BCUT2D eigenvalue weighted by molar-refractivity contribution is 0.395. The third-order valence-corrected chi connectivity index (χ3v) is 3.22. The van der Waals surface area contributed by atoms with Crippen LogP contribution in [0.2, 0.25) is 0 Å². The molecule has 0 amide bonds. The van der Waals surface area contributed by atoms with E-state index in [9.17, 15) is 0 Å². The molecule has 0 atom stereocenters. The van der Waals surface area contributed by atoms with Gasteiger partial charge in [-0.25, -0.2) is 0 Å². The summed E-state index contributed by atoms with van der Waals surface area (Å²) >= 11 is 0. The van der Waals surface area contributed by atoms with E-state index in [-0.39, 0.29) is 6.15 Å². The SMILES string of the molecule is CCC1CCN(c2ccncc2)CC1.N. The van der Waals surface area contributed by atoms with E-state index >= 15 is 0 Å². The van der Waals surface area contributed by atoms with E-state index in [0.29, 0.717) is 0 Å². The molecular formula is C12H21N3. The van der Waals surface area contributed by atoms with Crippen molar-refractivity contribution >= 4 is 5.69 Å². The number of hydrogen-bond acceptors (Lipinski definition) is 3. The predicted octanol–water partition coefficient (Wildman–Crippen LogP) is 2.87. The Hall–Kier alpha value is -1.09. The highest BCUT2D eigenvalue weighted by Crippen LogP contribution is 2.24. The number of piperidine rings is 1. The summed E-state index contributed by atoms with van der Waals surface area (Å²) in [4.78, 5) is 6.51. The van der Waals surface area contributed by atoms with Gasteiger partial charge in [-0.05, 0) is 30.9 Å². The maximum absolute atomic E-state index is 4.04. The summed E-state index contributed by atoms with van der Waals surface area (Å²) in [5.41, 5.74) is 1.33. The van der Waals surface area contributed by atoms with E-state index in [1.54, 1.807) is 0 Å². The van der Waals surface area contributed by atoms with Crippen molar-refractivity contribution in [3.63, 3.8) is 0 Å². The van der Waals surface area contributed by atoms with Crippen molar-refractivity contribution in [2.45, 2.75) is 26.2 Å². The van der Waals surface area contributed by atoms with E-state index in [4.69, 9.17) is 0 Å². The first-order valence-corrected chi connectivity index (χ1v) is 5.55. The smallest absolute Gasteiger partial charge is 0.0397 e. The van der Waals surface area contributed by atoms with Crippen LogP contribution in [0.3, 0.4) is 0 Å². The Morgan fingerprint density at radius 2 is 1.87 bits per heavy atom. The molecule has 1 saturated heterocycles. The molecule has 1 aromatic heterocycles. The minimum absolute atomic E-state index is 0. The van der Waals surface area contributed by atoms with Crippen LogP contribution in [-0.4, -0.2) is 18.1 Å². The largest absolute Gasteiger partial charge is 0.371 e. The van der Waals surface area contributed by atoms with Crippen LogP contribution in [0.15, 0.2) is 24.5 Å². The number of nitrogens with zero attached hydrogens (tertiary/aromatic N) is 2. The Bertz CT molecular complexity index is 265. The quantitative estimate of drug-likeness (QED) is 0.811. The normalized spacial score (nSPS) is 17.3. The molecule has 0 bridgehead atoms. The first-order chi connectivity index (χ1) is 6.90. The summed E-state index contributed by atoms with van der Waals surface area (Å²) in [5.74, 6) is 0.952. The van der Waals surface area contributed by atoms with Gasteiger partial charge in [0.05, 0.1) is 0 Å². The molecule has 84 valence electrons. The van der Waals surface area contributed by atoms with Crippen LogP contribution >= 0.6 is 0 Å². The molecule has 15 heavy (non-hydrogen) atoms. The number of anilines is 1. The van der Waals surface area contributed by atoms with E-state index in [0.717, 1.165) is 5.92 Å². The zero-order valence-corrected chi connectivity index (χ0v) is 9.52. The molecule has 3 N–H and O–H groups in total. The second kappa shape index (κ2) is 5.71. The van der Waals surface area contributed by atoms with Crippen LogP contribution in [0.4, 0.5) is 5.69 Å². The summed E-state index contributed by atoms with van der Waals surface area (Å²) in [7, 11) is 0. The Morgan fingerprint density at radius 1 is 1.27 bits per heavy atom. The number of hydrogen-bond donors (Lipinski definition) is 1. The minimum Gasteiger partial charge on any atom is -0.371 e. The molecule has 3 heteroatoms. The highest BCUT2D eigenvalue weighted by molar-refractivity contribution is 5.44. The fourth-order valence-corrected chi connectivity index (χ4v) is 2.15. The molecule has 1 aliphatic rings. The van der Waals surface area contributed by atoms with Crippen LogP contribution in [0.25, 0.3) is 0 Å². The van der Waals surface area contributed by atoms with Crippen molar-refractivity contribution in [3.05, 3.63) is 24.5 Å². The molecular weight excluding hydrogens is 186 g/mol. The van der Waals surface area contributed by atoms with Crippen molar-refractivity contribution in [3.8, 4) is 0 Å². The fraction of sp³-hybridized carbons (Fsp3) is 0.583. The van der Waals surface area contributed by atoms with Crippen LogP contribution in [0, 0.1) is 5.92 Å². The van der Waals surface area contributed by atoms with E-state index < -0.39 is 0 Å². The molecule has 1 aliphatic heterocycles. The van der Waals surface area contributed by atoms with Crippen LogP contribution in [0.1, 0.15) is 26.2 Å². The topological polar surface area (TPSA) is 51.1 Å². The fourth-order valence-electron chi connectivity index (χ4n) is 2.15. The lowest BCUT2D eigenvalue weighted by atomic mass is 9.94. The molecule has 3 nitrogen and oxygen atoms in total. The summed E-state index contributed by atoms with van der Waals surface area (Å²) in [6.07, 6.45) is 7.78. The predicted molar refractivity (Wildman–Crippen MR) is 64.5 cm³/mol. The lowest BCUT2D eigenvalue weighted by Crippen LogP contribution is -2.33. The molecule has 0 radical (unpaired) electrons. The second-order valence-electron chi connectivity index (χ2n) is 4.04. The molecule has 0 spiro atoms. The van der Waals surface area contributed by atoms with Crippen LogP contribution in [-0.2, 0) is 0 Å². The van der Waals surface area contributed by atoms with Crippen LogP contribution in [0.5, 0.6) is 0 Å². The van der Waals surface area contributed by atoms with Gasteiger partial charge >= 0.3 is 0 Å². The average Bonchev–Trinajstić information content (AvgIpc) is 2.30. The molecule has 0 saturated carbocycles. The molecule has 0 aromatic carbocycles. The maximum Gasteiger partial charge on any atom is 0.0397 e. The van der Waals surface area contributed by atoms with Gasteiger partial charge in [-0.2, -0.15) is 0 Å². The molecule has 2 heterocycles. The maximum atomic E-state index is 4.04. The summed E-state index contributed by atoms with van der Waals surface area (Å²) in [6.45, 7) is 4.72. The Kier molecular flexibility index (Phi) is 4.56. The van der Waals surface area contributed by atoms with Crippen LogP contribution < -0.4 is 11.1 Å². The van der Waals surface area contributed by atoms with Crippen molar-refractivity contribution in [1.29, 1.82) is 0 Å². The highest BCUT2D eigenvalue weighted by atomic mass is 15.1.